The first kappa shape index (κ1) is 15.4. The van der Waals surface area contributed by atoms with E-state index in [9.17, 15) is 4.79 Å². The smallest absolute Gasteiger partial charge is 0.322 e. The molecule has 0 aromatic rings. The number of nitrogens with two attached hydrogens (primary N) is 1. The Labute approximate surface area is 110 Å². The van der Waals surface area contributed by atoms with Crippen molar-refractivity contribution in [1.29, 1.82) is 0 Å². The third-order valence-corrected chi connectivity index (χ3v) is 3.35. The van der Waals surface area contributed by atoms with Crippen LogP contribution in [0.5, 0.6) is 0 Å². The van der Waals surface area contributed by atoms with Gasteiger partial charge in [0, 0.05) is 20.2 Å². The first-order valence-electron chi connectivity index (χ1n) is 6.80. The second kappa shape index (κ2) is 8.45. The SMILES string of the molecule is CCOC(=O)C(N)CCN1CCCC(COC)C1. The minimum Gasteiger partial charge on any atom is -0.465 e. The van der Waals surface area contributed by atoms with Crippen molar-refractivity contribution in [3.8, 4) is 0 Å². The molecule has 1 rings (SSSR count). The van der Waals surface area contributed by atoms with Gasteiger partial charge in [-0.25, -0.2) is 0 Å². The second-order valence-corrected chi connectivity index (χ2v) is 4.91. The van der Waals surface area contributed by atoms with Crippen molar-refractivity contribution in [2.75, 3.05) is 40.0 Å². The number of nitrogens with zero attached hydrogens (tertiary/aromatic N) is 1. The largest absolute Gasteiger partial charge is 0.465 e. The van der Waals surface area contributed by atoms with Crippen molar-refractivity contribution >= 4 is 5.97 Å². The number of piperidine rings is 1. The minimum absolute atomic E-state index is 0.289. The normalized spacial score (nSPS) is 22.7. The molecule has 5 nitrogen and oxygen atoms in total. The molecule has 1 aliphatic rings. The highest BCUT2D eigenvalue weighted by atomic mass is 16.5. The van der Waals surface area contributed by atoms with Crippen LogP contribution in [0.1, 0.15) is 26.2 Å². The van der Waals surface area contributed by atoms with Crippen LogP contribution in [0.2, 0.25) is 0 Å². The first-order chi connectivity index (χ1) is 8.67. The molecule has 0 amide bonds. The van der Waals surface area contributed by atoms with Crippen LogP contribution in [-0.4, -0.2) is 56.9 Å². The summed E-state index contributed by atoms with van der Waals surface area (Å²) >= 11 is 0. The number of carbonyl (C=O) groups is 1. The standard InChI is InChI=1S/C13H26N2O3/c1-3-18-13(16)12(14)6-8-15-7-4-5-11(9-15)10-17-2/h11-12H,3-10,14H2,1-2H3. The van der Waals surface area contributed by atoms with E-state index in [-0.39, 0.29) is 5.97 Å². The van der Waals surface area contributed by atoms with Gasteiger partial charge in [-0.3, -0.25) is 4.79 Å². The molecule has 106 valence electrons. The Balaban J connectivity index is 2.23. The molecule has 2 atom stereocenters. The van der Waals surface area contributed by atoms with Gasteiger partial charge < -0.3 is 20.1 Å². The molecule has 0 radical (unpaired) electrons. The molecule has 0 spiro atoms. The number of likely N-dealkylation sites (tertiary alicyclic amines) is 1. The minimum atomic E-state index is -0.493. The summed E-state index contributed by atoms with van der Waals surface area (Å²) in [6, 6.07) is -0.493. The summed E-state index contributed by atoms with van der Waals surface area (Å²) in [6.07, 6.45) is 3.09. The molecule has 0 aromatic heterocycles. The Kier molecular flexibility index (Phi) is 7.23. The van der Waals surface area contributed by atoms with E-state index in [0.29, 0.717) is 18.9 Å². The van der Waals surface area contributed by atoms with Crippen LogP contribution in [0.3, 0.4) is 0 Å². The quantitative estimate of drug-likeness (QED) is 0.678. The van der Waals surface area contributed by atoms with Gasteiger partial charge >= 0.3 is 5.97 Å². The molecule has 0 aromatic carbocycles. The highest BCUT2D eigenvalue weighted by Crippen LogP contribution is 2.16. The summed E-state index contributed by atoms with van der Waals surface area (Å²) in [7, 11) is 1.75. The summed E-state index contributed by atoms with van der Waals surface area (Å²) < 4.78 is 10.1. The van der Waals surface area contributed by atoms with E-state index in [1.807, 2.05) is 0 Å². The fraction of sp³-hybridized carbons (Fsp3) is 0.923. The molecular weight excluding hydrogens is 232 g/mol. The maximum Gasteiger partial charge on any atom is 0.322 e. The maximum atomic E-state index is 11.4. The monoisotopic (exact) mass is 258 g/mol. The van der Waals surface area contributed by atoms with E-state index >= 15 is 0 Å². The Morgan fingerprint density at radius 1 is 1.56 bits per heavy atom. The highest BCUT2D eigenvalue weighted by Gasteiger charge is 2.21. The van der Waals surface area contributed by atoms with Gasteiger partial charge in [0.15, 0.2) is 0 Å². The summed E-state index contributed by atoms with van der Waals surface area (Å²) in [6.45, 7) is 6.01. The van der Waals surface area contributed by atoms with E-state index in [1.54, 1.807) is 14.0 Å². The molecule has 1 aliphatic heterocycles. The lowest BCUT2D eigenvalue weighted by molar-refractivity contribution is -0.144. The predicted molar refractivity (Wildman–Crippen MR) is 70.3 cm³/mol. The summed E-state index contributed by atoms with van der Waals surface area (Å²) in [5.74, 6) is 0.325. The molecule has 2 N–H and O–H groups in total. The van der Waals surface area contributed by atoms with E-state index in [2.05, 4.69) is 4.90 Å². The Bertz CT molecular complexity index is 246. The molecule has 18 heavy (non-hydrogen) atoms. The number of rotatable bonds is 7. The molecule has 5 heteroatoms. The molecular formula is C13H26N2O3. The molecule has 2 unspecified atom stereocenters. The number of carbonyl (C=O) groups excluding carboxylic acids is 1. The fourth-order valence-electron chi connectivity index (χ4n) is 2.41. The van der Waals surface area contributed by atoms with Crippen LogP contribution in [0, 0.1) is 5.92 Å². The third-order valence-electron chi connectivity index (χ3n) is 3.35. The van der Waals surface area contributed by atoms with Crippen LogP contribution in [0.4, 0.5) is 0 Å². The van der Waals surface area contributed by atoms with E-state index in [1.165, 1.54) is 12.8 Å². The van der Waals surface area contributed by atoms with Gasteiger partial charge in [-0.2, -0.15) is 0 Å². The van der Waals surface area contributed by atoms with Gasteiger partial charge in [-0.15, -0.1) is 0 Å². The first-order valence-corrected chi connectivity index (χ1v) is 6.80. The topological polar surface area (TPSA) is 64.8 Å². The highest BCUT2D eigenvalue weighted by molar-refractivity contribution is 5.75. The van der Waals surface area contributed by atoms with Crippen molar-refractivity contribution in [1.82, 2.24) is 4.90 Å². The van der Waals surface area contributed by atoms with E-state index in [4.69, 9.17) is 15.2 Å². The molecule has 1 fully saturated rings. The van der Waals surface area contributed by atoms with Crippen molar-refractivity contribution in [2.24, 2.45) is 11.7 Å². The van der Waals surface area contributed by atoms with E-state index < -0.39 is 6.04 Å². The third kappa shape index (κ3) is 5.33. The zero-order valence-corrected chi connectivity index (χ0v) is 11.6. The van der Waals surface area contributed by atoms with E-state index in [0.717, 1.165) is 26.2 Å². The predicted octanol–water partition coefficient (Wildman–Crippen LogP) is 0.625. The number of ether oxygens (including phenoxy) is 2. The van der Waals surface area contributed by atoms with Crippen LogP contribution >= 0.6 is 0 Å². The van der Waals surface area contributed by atoms with Gasteiger partial charge in [-0.1, -0.05) is 0 Å². The number of hydrogen-bond acceptors (Lipinski definition) is 5. The Morgan fingerprint density at radius 2 is 2.33 bits per heavy atom. The number of methoxy groups -OCH3 is 1. The average molecular weight is 258 g/mol. The Hall–Kier alpha value is -0.650. The molecule has 0 aliphatic carbocycles. The summed E-state index contributed by atoms with van der Waals surface area (Å²) in [5, 5.41) is 0. The number of hydrogen-bond donors (Lipinski definition) is 1. The van der Waals surface area contributed by atoms with Gasteiger partial charge in [0.25, 0.3) is 0 Å². The molecule has 0 bridgehead atoms. The number of esters is 1. The zero-order chi connectivity index (χ0) is 13.4. The molecule has 1 saturated heterocycles. The van der Waals surface area contributed by atoms with Crippen molar-refractivity contribution in [3.05, 3.63) is 0 Å². The molecule has 1 heterocycles. The zero-order valence-electron chi connectivity index (χ0n) is 11.6. The van der Waals surface area contributed by atoms with Gasteiger partial charge in [-0.05, 0) is 38.6 Å². The lowest BCUT2D eigenvalue weighted by atomic mass is 9.98. The van der Waals surface area contributed by atoms with Crippen LogP contribution in [-0.2, 0) is 14.3 Å². The molecule has 0 saturated carbocycles. The van der Waals surface area contributed by atoms with Crippen LogP contribution < -0.4 is 5.73 Å². The van der Waals surface area contributed by atoms with Crippen LogP contribution in [0.25, 0.3) is 0 Å². The second-order valence-electron chi connectivity index (χ2n) is 4.91. The van der Waals surface area contributed by atoms with Crippen molar-refractivity contribution in [3.63, 3.8) is 0 Å². The maximum absolute atomic E-state index is 11.4. The fourth-order valence-corrected chi connectivity index (χ4v) is 2.41. The summed E-state index contributed by atoms with van der Waals surface area (Å²) in [5.41, 5.74) is 5.79. The van der Waals surface area contributed by atoms with Gasteiger partial charge in [0.2, 0.25) is 0 Å². The van der Waals surface area contributed by atoms with Gasteiger partial charge in [0.05, 0.1) is 13.2 Å². The summed E-state index contributed by atoms with van der Waals surface area (Å²) in [4.78, 5) is 13.8. The average Bonchev–Trinajstić information content (AvgIpc) is 2.37. The lowest BCUT2D eigenvalue weighted by Crippen LogP contribution is -2.41. The van der Waals surface area contributed by atoms with Gasteiger partial charge in [0.1, 0.15) is 6.04 Å². The van der Waals surface area contributed by atoms with Crippen molar-refractivity contribution in [2.45, 2.75) is 32.2 Å². The van der Waals surface area contributed by atoms with Crippen molar-refractivity contribution < 1.29 is 14.3 Å². The van der Waals surface area contributed by atoms with Crippen LogP contribution in [0.15, 0.2) is 0 Å². The lowest BCUT2D eigenvalue weighted by Gasteiger charge is -2.32. The Morgan fingerprint density at radius 3 is 3.00 bits per heavy atom.